The van der Waals surface area contributed by atoms with Crippen molar-refractivity contribution >= 4 is 11.9 Å². The fraction of sp³-hybridized carbons (Fsp3) is 0.867. The van der Waals surface area contributed by atoms with Crippen molar-refractivity contribution in [1.82, 2.24) is 5.32 Å². The van der Waals surface area contributed by atoms with Crippen molar-refractivity contribution in [3.8, 4) is 0 Å². The Kier molecular flexibility index (Phi) is 5.99. The van der Waals surface area contributed by atoms with E-state index in [9.17, 15) is 9.59 Å². The summed E-state index contributed by atoms with van der Waals surface area (Å²) in [6.07, 6.45) is 2.25. The molecule has 116 valence electrons. The maximum absolute atomic E-state index is 12.1. The zero-order valence-corrected chi connectivity index (χ0v) is 13.2. The van der Waals surface area contributed by atoms with Crippen LogP contribution in [0.15, 0.2) is 0 Å². The number of rotatable bonds is 4. The SMILES string of the molecule is CC(C)[C@@H](NC(=O)C1CCCCO1)C(=O)OC(C)(C)C. The second-order valence-corrected chi connectivity index (χ2v) is 6.62. The zero-order chi connectivity index (χ0) is 15.3. The molecule has 0 aliphatic carbocycles. The van der Waals surface area contributed by atoms with Crippen LogP contribution in [-0.2, 0) is 19.1 Å². The highest BCUT2D eigenvalue weighted by Gasteiger charge is 2.32. The maximum Gasteiger partial charge on any atom is 0.329 e. The van der Waals surface area contributed by atoms with Gasteiger partial charge in [0.05, 0.1) is 0 Å². The Morgan fingerprint density at radius 2 is 1.90 bits per heavy atom. The van der Waals surface area contributed by atoms with Crippen LogP contribution in [-0.4, -0.2) is 36.2 Å². The van der Waals surface area contributed by atoms with Gasteiger partial charge in [0, 0.05) is 6.61 Å². The van der Waals surface area contributed by atoms with E-state index in [0.717, 1.165) is 12.8 Å². The van der Waals surface area contributed by atoms with E-state index in [0.29, 0.717) is 13.0 Å². The third-order valence-electron chi connectivity index (χ3n) is 3.10. The molecule has 1 amide bonds. The molecule has 1 aliphatic heterocycles. The molecule has 0 radical (unpaired) electrons. The Hall–Kier alpha value is -1.10. The first-order valence-electron chi connectivity index (χ1n) is 7.35. The Morgan fingerprint density at radius 3 is 2.35 bits per heavy atom. The number of hydrogen-bond acceptors (Lipinski definition) is 4. The van der Waals surface area contributed by atoms with Crippen LogP contribution in [0, 0.1) is 5.92 Å². The Bertz CT molecular complexity index is 340. The standard InChI is InChI=1S/C15H27NO4/c1-10(2)12(14(18)20-15(3,4)5)16-13(17)11-8-6-7-9-19-11/h10-12H,6-9H2,1-5H3,(H,16,17)/t11?,12-/m1/s1. The molecule has 1 fully saturated rings. The molecule has 2 atom stereocenters. The van der Waals surface area contributed by atoms with Gasteiger partial charge in [-0.1, -0.05) is 13.8 Å². The van der Waals surface area contributed by atoms with Crippen LogP contribution >= 0.6 is 0 Å². The highest BCUT2D eigenvalue weighted by atomic mass is 16.6. The zero-order valence-electron chi connectivity index (χ0n) is 13.2. The molecule has 20 heavy (non-hydrogen) atoms. The van der Waals surface area contributed by atoms with Gasteiger partial charge >= 0.3 is 5.97 Å². The number of nitrogens with one attached hydrogen (secondary N) is 1. The summed E-state index contributed by atoms with van der Waals surface area (Å²) >= 11 is 0. The smallest absolute Gasteiger partial charge is 0.329 e. The van der Waals surface area contributed by atoms with Crippen molar-refractivity contribution in [3.63, 3.8) is 0 Å². The molecular weight excluding hydrogens is 258 g/mol. The maximum atomic E-state index is 12.1. The minimum atomic E-state index is -0.632. The quantitative estimate of drug-likeness (QED) is 0.803. The van der Waals surface area contributed by atoms with Crippen LogP contribution in [0.1, 0.15) is 53.9 Å². The van der Waals surface area contributed by atoms with E-state index < -0.39 is 23.7 Å². The second-order valence-electron chi connectivity index (χ2n) is 6.62. The molecule has 0 aromatic carbocycles. The average molecular weight is 285 g/mol. The molecule has 0 spiro atoms. The monoisotopic (exact) mass is 285 g/mol. The van der Waals surface area contributed by atoms with Gasteiger partial charge < -0.3 is 14.8 Å². The first-order valence-corrected chi connectivity index (χ1v) is 7.35. The average Bonchev–Trinajstić information content (AvgIpc) is 2.34. The summed E-state index contributed by atoms with van der Waals surface area (Å²) in [6, 6.07) is -0.632. The van der Waals surface area contributed by atoms with Gasteiger partial charge in [-0.05, 0) is 46.0 Å². The van der Waals surface area contributed by atoms with E-state index in [2.05, 4.69) is 5.32 Å². The first-order chi connectivity index (χ1) is 9.20. The molecule has 0 saturated carbocycles. The van der Waals surface area contributed by atoms with Gasteiger partial charge in [0.25, 0.3) is 0 Å². The van der Waals surface area contributed by atoms with E-state index in [4.69, 9.17) is 9.47 Å². The number of ether oxygens (including phenoxy) is 2. The summed E-state index contributed by atoms with van der Waals surface area (Å²) in [4.78, 5) is 24.3. The Labute approximate surface area is 121 Å². The molecular formula is C15H27NO4. The van der Waals surface area contributed by atoms with Crippen molar-refractivity contribution in [2.75, 3.05) is 6.61 Å². The summed E-state index contributed by atoms with van der Waals surface area (Å²) in [5.41, 5.74) is -0.559. The molecule has 1 rings (SSSR count). The van der Waals surface area contributed by atoms with Gasteiger partial charge in [0.1, 0.15) is 17.7 Å². The fourth-order valence-corrected chi connectivity index (χ4v) is 2.06. The van der Waals surface area contributed by atoms with Crippen LogP contribution in [0.2, 0.25) is 0 Å². The summed E-state index contributed by atoms with van der Waals surface area (Å²) < 4.78 is 10.8. The third kappa shape index (κ3) is 5.49. The van der Waals surface area contributed by atoms with Gasteiger partial charge in [-0.3, -0.25) is 4.79 Å². The molecule has 0 bridgehead atoms. The predicted molar refractivity (Wildman–Crippen MR) is 76.2 cm³/mol. The minimum Gasteiger partial charge on any atom is -0.458 e. The lowest BCUT2D eigenvalue weighted by molar-refractivity contribution is -0.161. The predicted octanol–water partition coefficient (Wildman–Crippen LogP) is 2.04. The molecule has 0 aromatic heterocycles. The molecule has 1 N–H and O–H groups in total. The lowest BCUT2D eigenvalue weighted by atomic mass is 10.0. The molecule has 5 heteroatoms. The fourth-order valence-electron chi connectivity index (χ4n) is 2.06. The highest BCUT2D eigenvalue weighted by Crippen LogP contribution is 2.15. The van der Waals surface area contributed by atoms with Gasteiger partial charge in [-0.25, -0.2) is 4.79 Å². The topological polar surface area (TPSA) is 64.6 Å². The van der Waals surface area contributed by atoms with Crippen LogP contribution in [0.4, 0.5) is 0 Å². The van der Waals surface area contributed by atoms with E-state index in [1.165, 1.54) is 0 Å². The summed E-state index contributed by atoms with van der Waals surface area (Å²) in [5, 5.41) is 2.77. The number of carbonyl (C=O) groups is 2. The third-order valence-corrected chi connectivity index (χ3v) is 3.10. The normalized spacial score (nSPS) is 21.4. The van der Waals surface area contributed by atoms with Crippen molar-refractivity contribution in [1.29, 1.82) is 0 Å². The van der Waals surface area contributed by atoms with Gasteiger partial charge in [0.2, 0.25) is 5.91 Å². The molecule has 1 unspecified atom stereocenters. The van der Waals surface area contributed by atoms with Crippen molar-refractivity contribution < 1.29 is 19.1 Å². The largest absolute Gasteiger partial charge is 0.458 e. The van der Waals surface area contributed by atoms with Crippen molar-refractivity contribution in [2.24, 2.45) is 5.92 Å². The Balaban J connectivity index is 2.62. The van der Waals surface area contributed by atoms with Gasteiger partial charge in [-0.15, -0.1) is 0 Å². The van der Waals surface area contributed by atoms with E-state index >= 15 is 0 Å². The molecule has 1 saturated heterocycles. The van der Waals surface area contributed by atoms with Crippen molar-refractivity contribution in [3.05, 3.63) is 0 Å². The summed E-state index contributed by atoms with van der Waals surface area (Å²) in [7, 11) is 0. The van der Waals surface area contributed by atoms with E-state index in [1.54, 1.807) is 0 Å². The summed E-state index contributed by atoms with van der Waals surface area (Å²) in [5.74, 6) is -0.636. The van der Waals surface area contributed by atoms with Crippen LogP contribution in [0.5, 0.6) is 0 Å². The lowest BCUT2D eigenvalue weighted by Gasteiger charge is -2.28. The van der Waals surface area contributed by atoms with E-state index in [-0.39, 0.29) is 11.8 Å². The van der Waals surface area contributed by atoms with Gasteiger partial charge in [0.15, 0.2) is 0 Å². The first kappa shape index (κ1) is 17.0. The molecule has 5 nitrogen and oxygen atoms in total. The number of esters is 1. The molecule has 1 aliphatic rings. The Morgan fingerprint density at radius 1 is 1.25 bits per heavy atom. The van der Waals surface area contributed by atoms with Crippen LogP contribution < -0.4 is 5.32 Å². The van der Waals surface area contributed by atoms with Crippen LogP contribution in [0.25, 0.3) is 0 Å². The summed E-state index contributed by atoms with van der Waals surface area (Å²) in [6.45, 7) is 9.82. The highest BCUT2D eigenvalue weighted by molar-refractivity contribution is 5.87. The number of carbonyl (C=O) groups excluding carboxylic acids is 2. The lowest BCUT2D eigenvalue weighted by Crippen LogP contribution is -2.51. The minimum absolute atomic E-state index is 0.0302. The van der Waals surface area contributed by atoms with Crippen molar-refractivity contribution in [2.45, 2.75) is 71.6 Å². The molecule has 0 aromatic rings. The number of amides is 1. The number of hydrogen-bond donors (Lipinski definition) is 1. The van der Waals surface area contributed by atoms with Crippen LogP contribution in [0.3, 0.4) is 0 Å². The molecule has 1 heterocycles. The second kappa shape index (κ2) is 7.07. The van der Waals surface area contributed by atoms with Gasteiger partial charge in [-0.2, -0.15) is 0 Å². The van der Waals surface area contributed by atoms with E-state index in [1.807, 2.05) is 34.6 Å².